The van der Waals surface area contributed by atoms with E-state index in [1.165, 1.54) is 6.26 Å². The van der Waals surface area contributed by atoms with E-state index < -0.39 is 9.84 Å². The molecule has 1 rings (SSSR count). The standard InChI is InChI=1S/C16H27N3O4S.HI/c1-17-16(18-9-10-23-11-12-24(4,20)21)19(2)13-14-5-7-15(22-3)8-6-14;/h5-8H,9-13H2,1-4H3,(H,17,18);1H. The number of nitrogens with zero attached hydrogens (tertiary/aromatic N) is 2. The van der Waals surface area contributed by atoms with Crippen LogP contribution in [0.5, 0.6) is 5.75 Å². The summed E-state index contributed by atoms with van der Waals surface area (Å²) in [5, 5.41) is 3.19. The maximum atomic E-state index is 11.0. The van der Waals surface area contributed by atoms with Crippen LogP contribution >= 0.6 is 24.0 Å². The molecule has 0 aliphatic rings. The summed E-state index contributed by atoms with van der Waals surface area (Å²) in [6.07, 6.45) is 1.20. The zero-order chi connectivity index (χ0) is 18.0. The topological polar surface area (TPSA) is 80.2 Å². The van der Waals surface area contributed by atoms with Crippen LogP contribution in [0.3, 0.4) is 0 Å². The molecule has 0 heterocycles. The van der Waals surface area contributed by atoms with Gasteiger partial charge in [0.1, 0.15) is 15.6 Å². The molecule has 0 unspecified atom stereocenters. The second-order valence-electron chi connectivity index (χ2n) is 5.42. The third kappa shape index (κ3) is 10.5. The van der Waals surface area contributed by atoms with Crippen LogP contribution in [-0.4, -0.2) is 72.2 Å². The Morgan fingerprint density at radius 2 is 1.88 bits per heavy atom. The van der Waals surface area contributed by atoms with Crippen LogP contribution in [-0.2, 0) is 21.1 Å². The van der Waals surface area contributed by atoms with Gasteiger partial charge in [-0.05, 0) is 17.7 Å². The number of aliphatic imine (C=N–C) groups is 1. The largest absolute Gasteiger partial charge is 0.497 e. The van der Waals surface area contributed by atoms with Gasteiger partial charge in [-0.1, -0.05) is 12.1 Å². The predicted octanol–water partition coefficient (Wildman–Crippen LogP) is 1.38. The number of halogens is 1. The van der Waals surface area contributed by atoms with Gasteiger partial charge in [-0.3, -0.25) is 4.99 Å². The van der Waals surface area contributed by atoms with Gasteiger partial charge in [0.25, 0.3) is 0 Å². The Morgan fingerprint density at radius 3 is 2.40 bits per heavy atom. The van der Waals surface area contributed by atoms with E-state index in [1.54, 1.807) is 14.2 Å². The van der Waals surface area contributed by atoms with Gasteiger partial charge in [0.2, 0.25) is 0 Å². The second kappa shape index (κ2) is 12.3. The van der Waals surface area contributed by atoms with Crippen molar-refractivity contribution in [3.05, 3.63) is 29.8 Å². The zero-order valence-electron chi connectivity index (χ0n) is 15.2. The molecule has 1 aromatic rings. The lowest BCUT2D eigenvalue weighted by atomic mass is 10.2. The maximum Gasteiger partial charge on any atom is 0.193 e. The summed E-state index contributed by atoms with van der Waals surface area (Å²) in [6.45, 7) is 1.90. The lowest BCUT2D eigenvalue weighted by Gasteiger charge is -2.22. The number of methoxy groups -OCH3 is 1. The molecular weight excluding hydrogens is 457 g/mol. The fourth-order valence-corrected chi connectivity index (χ4v) is 2.43. The minimum absolute atomic E-state index is 0. The Balaban J connectivity index is 0.00000576. The van der Waals surface area contributed by atoms with Gasteiger partial charge < -0.3 is 19.7 Å². The number of nitrogens with one attached hydrogen (secondary N) is 1. The van der Waals surface area contributed by atoms with Gasteiger partial charge in [0, 0.05) is 33.4 Å². The molecule has 0 radical (unpaired) electrons. The summed E-state index contributed by atoms with van der Waals surface area (Å²) in [6, 6.07) is 7.87. The van der Waals surface area contributed by atoms with Crippen LogP contribution in [0.4, 0.5) is 0 Å². The van der Waals surface area contributed by atoms with E-state index in [9.17, 15) is 8.42 Å². The summed E-state index contributed by atoms with van der Waals surface area (Å²) in [4.78, 5) is 6.23. The van der Waals surface area contributed by atoms with Gasteiger partial charge in [-0.2, -0.15) is 0 Å². The molecule has 25 heavy (non-hydrogen) atoms. The highest BCUT2D eigenvalue weighted by Gasteiger charge is 2.07. The van der Waals surface area contributed by atoms with E-state index in [2.05, 4.69) is 10.3 Å². The quantitative estimate of drug-likeness (QED) is 0.247. The Bertz CT molecular complexity index is 621. The smallest absolute Gasteiger partial charge is 0.193 e. The van der Waals surface area contributed by atoms with Crippen LogP contribution < -0.4 is 10.1 Å². The molecule has 0 fully saturated rings. The van der Waals surface area contributed by atoms with Gasteiger partial charge >= 0.3 is 0 Å². The normalized spacial score (nSPS) is 11.6. The van der Waals surface area contributed by atoms with Gasteiger partial charge in [0.15, 0.2) is 5.96 Å². The molecule has 0 atom stereocenters. The maximum absolute atomic E-state index is 11.0. The monoisotopic (exact) mass is 485 g/mol. The lowest BCUT2D eigenvalue weighted by molar-refractivity contribution is 0.153. The number of sulfone groups is 1. The minimum Gasteiger partial charge on any atom is -0.497 e. The van der Waals surface area contributed by atoms with Crippen LogP contribution in [0.25, 0.3) is 0 Å². The fourth-order valence-electron chi connectivity index (χ4n) is 2.01. The number of benzene rings is 1. The van der Waals surface area contributed by atoms with Crippen LogP contribution in [0.2, 0.25) is 0 Å². The fraction of sp³-hybridized carbons (Fsp3) is 0.562. The summed E-state index contributed by atoms with van der Waals surface area (Å²) < 4.78 is 32.4. The Labute approximate surface area is 167 Å². The highest BCUT2D eigenvalue weighted by molar-refractivity contribution is 14.0. The van der Waals surface area contributed by atoms with Crippen molar-refractivity contribution in [1.29, 1.82) is 0 Å². The van der Waals surface area contributed by atoms with E-state index in [1.807, 2.05) is 36.2 Å². The molecule has 144 valence electrons. The Kier molecular flexibility index (Phi) is 11.8. The van der Waals surface area contributed by atoms with E-state index >= 15 is 0 Å². The number of rotatable bonds is 9. The minimum atomic E-state index is -2.97. The van der Waals surface area contributed by atoms with Crippen molar-refractivity contribution in [1.82, 2.24) is 10.2 Å². The highest BCUT2D eigenvalue weighted by Crippen LogP contribution is 2.12. The molecule has 0 saturated heterocycles. The van der Waals surface area contributed by atoms with E-state index in [4.69, 9.17) is 9.47 Å². The van der Waals surface area contributed by atoms with Gasteiger partial charge in [0.05, 0.1) is 26.1 Å². The predicted molar refractivity (Wildman–Crippen MR) is 112 cm³/mol. The summed E-state index contributed by atoms with van der Waals surface area (Å²) >= 11 is 0. The molecule has 0 saturated carbocycles. The molecule has 0 bridgehead atoms. The van der Waals surface area contributed by atoms with Crippen LogP contribution in [0.1, 0.15) is 5.56 Å². The van der Waals surface area contributed by atoms with Gasteiger partial charge in [-0.25, -0.2) is 8.42 Å². The zero-order valence-corrected chi connectivity index (χ0v) is 18.3. The molecule has 0 aromatic heterocycles. The molecule has 9 heteroatoms. The lowest BCUT2D eigenvalue weighted by Crippen LogP contribution is -2.40. The summed E-state index contributed by atoms with van der Waals surface area (Å²) in [5.74, 6) is 1.62. The number of guanidine groups is 1. The second-order valence-corrected chi connectivity index (χ2v) is 7.68. The average Bonchev–Trinajstić information content (AvgIpc) is 2.53. The molecule has 0 aliphatic heterocycles. The van der Waals surface area contributed by atoms with Crippen LogP contribution in [0.15, 0.2) is 29.3 Å². The van der Waals surface area contributed by atoms with Crippen molar-refractivity contribution >= 4 is 39.8 Å². The first-order chi connectivity index (χ1) is 11.4. The molecule has 1 aromatic carbocycles. The number of ether oxygens (including phenoxy) is 2. The van der Waals surface area contributed by atoms with Crippen molar-refractivity contribution in [3.8, 4) is 5.75 Å². The van der Waals surface area contributed by atoms with Crippen LogP contribution in [0, 0.1) is 0 Å². The Hall–Kier alpha value is -1.07. The Morgan fingerprint density at radius 1 is 1.24 bits per heavy atom. The molecular formula is C16H28IN3O4S. The number of hydrogen-bond donors (Lipinski definition) is 1. The van der Waals surface area contributed by atoms with Crippen molar-refractivity contribution in [2.45, 2.75) is 6.54 Å². The first kappa shape index (κ1) is 23.9. The molecule has 0 aliphatic carbocycles. The first-order valence-electron chi connectivity index (χ1n) is 7.66. The summed E-state index contributed by atoms with van der Waals surface area (Å²) in [5.41, 5.74) is 1.14. The third-order valence-corrected chi connectivity index (χ3v) is 4.19. The summed E-state index contributed by atoms with van der Waals surface area (Å²) in [7, 11) is 2.34. The van der Waals surface area contributed by atoms with Crippen molar-refractivity contribution in [2.24, 2.45) is 4.99 Å². The van der Waals surface area contributed by atoms with E-state index in [0.29, 0.717) is 19.7 Å². The number of hydrogen-bond acceptors (Lipinski definition) is 5. The first-order valence-corrected chi connectivity index (χ1v) is 9.72. The molecule has 7 nitrogen and oxygen atoms in total. The van der Waals surface area contributed by atoms with E-state index in [-0.39, 0.29) is 36.3 Å². The SMILES string of the molecule is CN=C(NCCOCCS(C)(=O)=O)N(C)Cc1ccc(OC)cc1.I. The third-order valence-electron chi connectivity index (χ3n) is 3.28. The molecule has 1 N–H and O–H groups in total. The molecule has 0 spiro atoms. The molecule has 0 amide bonds. The highest BCUT2D eigenvalue weighted by atomic mass is 127. The van der Waals surface area contributed by atoms with Crippen molar-refractivity contribution in [3.63, 3.8) is 0 Å². The average molecular weight is 485 g/mol. The van der Waals surface area contributed by atoms with E-state index in [0.717, 1.165) is 17.3 Å². The van der Waals surface area contributed by atoms with Crippen molar-refractivity contribution < 1.29 is 17.9 Å². The van der Waals surface area contributed by atoms with Gasteiger partial charge in [-0.15, -0.1) is 24.0 Å². The van der Waals surface area contributed by atoms with Crippen molar-refractivity contribution in [2.75, 3.05) is 53.0 Å².